The Morgan fingerprint density at radius 2 is 1.96 bits per heavy atom. The number of rotatable bonds is 2. The van der Waals surface area contributed by atoms with Crippen LogP contribution in [0.25, 0.3) is 0 Å². The number of halogens is 1. The Labute approximate surface area is 164 Å². The zero-order chi connectivity index (χ0) is 20.3. The molecule has 0 aromatic rings. The molecule has 7 atom stereocenters. The SMILES string of the molecule is C[C@]12C[C@H](O)[C@@]3(F)[C@@H](CCC4=CC(=NO)C=C[C@@]43C)[C@@H]1CC[C@@H]2/C(CO)=N/O. The van der Waals surface area contributed by atoms with Crippen LogP contribution in [0.5, 0.6) is 0 Å². The van der Waals surface area contributed by atoms with Crippen LogP contribution in [0, 0.1) is 28.6 Å². The number of alkyl halides is 1. The second-order valence-corrected chi connectivity index (χ2v) is 9.35. The molecule has 0 aromatic heterocycles. The Morgan fingerprint density at radius 3 is 2.61 bits per heavy atom. The lowest BCUT2D eigenvalue weighted by Crippen LogP contribution is -2.66. The molecule has 0 radical (unpaired) electrons. The normalized spacial score (nSPS) is 49.4. The number of aliphatic hydroxyl groups excluding tert-OH is 2. The van der Waals surface area contributed by atoms with Crippen molar-refractivity contribution >= 4 is 11.4 Å². The molecular formula is C21H29FN2O4. The minimum Gasteiger partial charge on any atom is -0.411 e. The molecule has 0 saturated heterocycles. The van der Waals surface area contributed by atoms with Crippen LogP contribution in [0.4, 0.5) is 4.39 Å². The van der Waals surface area contributed by atoms with Gasteiger partial charge in [0.1, 0.15) is 5.71 Å². The first-order valence-corrected chi connectivity index (χ1v) is 10.1. The van der Waals surface area contributed by atoms with E-state index in [0.29, 0.717) is 24.3 Å². The Bertz CT molecular complexity index is 793. The van der Waals surface area contributed by atoms with Gasteiger partial charge in [-0.3, -0.25) is 0 Å². The number of nitrogens with zero attached hydrogens (tertiary/aromatic N) is 2. The van der Waals surface area contributed by atoms with E-state index in [1.54, 1.807) is 18.2 Å². The van der Waals surface area contributed by atoms with Gasteiger partial charge in [0, 0.05) is 17.3 Å². The van der Waals surface area contributed by atoms with E-state index >= 15 is 4.39 Å². The Kier molecular flexibility index (Phi) is 4.47. The third-order valence-corrected chi connectivity index (χ3v) is 8.46. The van der Waals surface area contributed by atoms with Gasteiger partial charge in [-0.25, -0.2) is 4.39 Å². The standard InChI is InChI=1S/C21H29FN2O4/c1-19-10-18(26)21(22)15(14(19)5-6-16(19)17(11-25)24-28)4-3-12-9-13(23-27)7-8-20(12,21)2/h7-9,14-16,18,25-28H,3-6,10-11H2,1-2H3/b23-13?,24-17+/t14-,15-,16+,18-,19-,20-,21-/m0/s1. The molecule has 0 heterocycles. The van der Waals surface area contributed by atoms with E-state index in [-0.39, 0.29) is 30.8 Å². The maximum atomic E-state index is 16.9. The second kappa shape index (κ2) is 6.39. The Balaban J connectivity index is 1.77. The monoisotopic (exact) mass is 392 g/mol. The summed E-state index contributed by atoms with van der Waals surface area (Å²) in [5, 5.41) is 45.7. The number of fused-ring (bicyclic) bond motifs is 5. The van der Waals surface area contributed by atoms with Crippen LogP contribution in [-0.2, 0) is 0 Å². The zero-order valence-corrected chi connectivity index (χ0v) is 16.3. The molecule has 4 N–H and O–H groups in total. The Morgan fingerprint density at radius 1 is 1.21 bits per heavy atom. The third-order valence-electron chi connectivity index (χ3n) is 8.46. The summed E-state index contributed by atoms with van der Waals surface area (Å²) in [7, 11) is 0. The zero-order valence-electron chi connectivity index (χ0n) is 16.3. The second-order valence-electron chi connectivity index (χ2n) is 9.35. The molecule has 6 nitrogen and oxygen atoms in total. The van der Waals surface area contributed by atoms with Gasteiger partial charge in [-0.05, 0) is 62.5 Å². The molecule has 0 aromatic carbocycles. The van der Waals surface area contributed by atoms with Gasteiger partial charge in [-0.1, -0.05) is 28.9 Å². The van der Waals surface area contributed by atoms with Crippen molar-refractivity contribution in [2.75, 3.05) is 6.61 Å². The molecule has 4 aliphatic carbocycles. The molecule has 0 spiro atoms. The van der Waals surface area contributed by atoms with Crippen LogP contribution in [0.3, 0.4) is 0 Å². The summed E-state index contributed by atoms with van der Waals surface area (Å²) < 4.78 is 16.9. The summed E-state index contributed by atoms with van der Waals surface area (Å²) in [6.07, 6.45) is 6.97. The summed E-state index contributed by atoms with van der Waals surface area (Å²) in [5.74, 6) is -0.454. The van der Waals surface area contributed by atoms with Crippen LogP contribution in [0.2, 0.25) is 0 Å². The van der Waals surface area contributed by atoms with Crippen LogP contribution in [0.15, 0.2) is 34.1 Å². The van der Waals surface area contributed by atoms with Crippen LogP contribution in [0.1, 0.15) is 46.0 Å². The van der Waals surface area contributed by atoms with Gasteiger partial charge in [0.2, 0.25) is 0 Å². The number of oxime groups is 2. The van der Waals surface area contributed by atoms with Crippen LogP contribution >= 0.6 is 0 Å². The first kappa shape index (κ1) is 19.6. The molecule has 0 amide bonds. The molecule has 7 heteroatoms. The summed E-state index contributed by atoms with van der Waals surface area (Å²) >= 11 is 0. The number of allylic oxidation sites excluding steroid dienone is 4. The van der Waals surface area contributed by atoms with Crippen molar-refractivity contribution in [3.05, 3.63) is 23.8 Å². The lowest BCUT2D eigenvalue weighted by atomic mass is 9.45. The predicted molar refractivity (Wildman–Crippen MR) is 102 cm³/mol. The van der Waals surface area contributed by atoms with E-state index in [9.17, 15) is 15.4 Å². The average molecular weight is 392 g/mol. The fraction of sp³-hybridized carbons (Fsp3) is 0.714. The van der Waals surface area contributed by atoms with Crippen molar-refractivity contribution in [3.8, 4) is 0 Å². The number of aliphatic hydroxyl groups is 2. The van der Waals surface area contributed by atoms with Gasteiger partial charge < -0.3 is 20.6 Å². The fourth-order valence-corrected chi connectivity index (χ4v) is 7.04. The average Bonchev–Trinajstić information content (AvgIpc) is 3.00. The van der Waals surface area contributed by atoms with Crippen molar-refractivity contribution in [3.63, 3.8) is 0 Å². The smallest absolute Gasteiger partial charge is 0.152 e. The molecule has 3 saturated carbocycles. The van der Waals surface area contributed by atoms with E-state index in [1.807, 2.05) is 13.8 Å². The molecule has 3 fully saturated rings. The van der Waals surface area contributed by atoms with Gasteiger partial charge in [0.15, 0.2) is 5.67 Å². The van der Waals surface area contributed by atoms with Crippen molar-refractivity contribution in [2.24, 2.45) is 38.9 Å². The van der Waals surface area contributed by atoms with Crippen molar-refractivity contribution < 1.29 is 25.0 Å². The van der Waals surface area contributed by atoms with E-state index in [0.717, 1.165) is 18.4 Å². The van der Waals surface area contributed by atoms with Crippen molar-refractivity contribution in [1.82, 2.24) is 0 Å². The highest BCUT2D eigenvalue weighted by molar-refractivity contribution is 6.05. The minimum atomic E-state index is -1.82. The largest absolute Gasteiger partial charge is 0.411 e. The third kappa shape index (κ3) is 2.26. The number of hydrogen-bond donors (Lipinski definition) is 4. The fourth-order valence-electron chi connectivity index (χ4n) is 7.04. The summed E-state index contributed by atoms with van der Waals surface area (Å²) in [6.45, 7) is 3.55. The highest BCUT2D eigenvalue weighted by Crippen LogP contribution is 2.68. The quantitative estimate of drug-likeness (QED) is 0.329. The van der Waals surface area contributed by atoms with E-state index < -0.39 is 22.6 Å². The van der Waals surface area contributed by atoms with Crippen LogP contribution < -0.4 is 0 Å². The van der Waals surface area contributed by atoms with Crippen molar-refractivity contribution in [2.45, 2.75) is 57.7 Å². The Hall–Kier alpha value is -1.73. The maximum Gasteiger partial charge on any atom is 0.152 e. The molecule has 0 bridgehead atoms. The lowest BCUT2D eigenvalue weighted by molar-refractivity contribution is -0.191. The molecule has 4 aliphatic rings. The van der Waals surface area contributed by atoms with E-state index in [2.05, 4.69) is 10.3 Å². The van der Waals surface area contributed by atoms with Crippen molar-refractivity contribution in [1.29, 1.82) is 0 Å². The summed E-state index contributed by atoms with van der Waals surface area (Å²) in [5.41, 5.74) is -1.61. The lowest BCUT2D eigenvalue weighted by Gasteiger charge is -2.62. The minimum absolute atomic E-state index is 0.0360. The van der Waals surface area contributed by atoms with E-state index in [1.165, 1.54) is 0 Å². The van der Waals surface area contributed by atoms with Gasteiger partial charge in [-0.2, -0.15) is 0 Å². The van der Waals surface area contributed by atoms with Gasteiger partial charge in [0.05, 0.1) is 18.4 Å². The molecule has 0 aliphatic heterocycles. The first-order chi connectivity index (χ1) is 13.3. The van der Waals surface area contributed by atoms with E-state index in [4.69, 9.17) is 5.21 Å². The molecular weight excluding hydrogens is 363 g/mol. The highest BCUT2D eigenvalue weighted by atomic mass is 19.1. The molecule has 4 rings (SSSR count). The number of hydrogen-bond acceptors (Lipinski definition) is 6. The molecule has 154 valence electrons. The summed E-state index contributed by atoms with van der Waals surface area (Å²) in [4.78, 5) is 0. The summed E-state index contributed by atoms with van der Waals surface area (Å²) in [6, 6.07) is 0. The molecule has 0 unspecified atom stereocenters. The van der Waals surface area contributed by atoms with Gasteiger partial charge in [-0.15, -0.1) is 0 Å². The van der Waals surface area contributed by atoms with Gasteiger partial charge in [0.25, 0.3) is 0 Å². The molecule has 28 heavy (non-hydrogen) atoms. The topological polar surface area (TPSA) is 106 Å². The van der Waals surface area contributed by atoms with Crippen LogP contribution in [-0.4, -0.2) is 50.4 Å². The first-order valence-electron chi connectivity index (χ1n) is 10.1. The maximum absolute atomic E-state index is 16.9. The highest BCUT2D eigenvalue weighted by Gasteiger charge is 2.70. The predicted octanol–water partition coefficient (Wildman–Crippen LogP) is 3.06. The van der Waals surface area contributed by atoms with Gasteiger partial charge >= 0.3 is 0 Å².